The molecule has 0 aromatic rings. The van der Waals surface area contributed by atoms with Gasteiger partial charge in [0.1, 0.15) is 0 Å². The van der Waals surface area contributed by atoms with Crippen molar-refractivity contribution in [3.8, 4) is 0 Å². The standard InChI is InChI=1S/C14H29N3/c1-15-12-4-6-14(7-5-12)17-10-8-13(9-11-17)16(2)3/h12-15H,4-11H2,1-3H3. The maximum Gasteiger partial charge on any atom is 0.0113 e. The average Bonchev–Trinajstić information content (AvgIpc) is 2.39. The van der Waals surface area contributed by atoms with Crippen molar-refractivity contribution in [1.29, 1.82) is 0 Å². The largest absolute Gasteiger partial charge is 0.317 e. The Labute approximate surface area is 107 Å². The SMILES string of the molecule is CNC1CCC(N2CCC(N(C)C)CC2)CC1. The molecule has 0 aromatic heterocycles. The molecule has 0 amide bonds. The van der Waals surface area contributed by atoms with Crippen molar-refractivity contribution in [3.05, 3.63) is 0 Å². The quantitative estimate of drug-likeness (QED) is 0.806. The highest BCUT2D eigenvalue weighted by molar-refractivity contribution is 4.86. The number of nitrogens with zero attached hydrogens (tertiary/aromatic N) is 2. The van der Waals surface area contributed by atoms with Crippen molar-refractivity contribution in [2.75, 3.05) is 34.2 Å². The summed E-state index contributed by atoms with van der Waals surface area (Å²) in [6.07, 6.45) is 8.26. The summed E-state index contributed by atoms with van der Waals surface area (Å²) in [5.41, 5.74) is 0. The van der Waals surface area contributed by atoms with Crippen LogP contribution in [0.1, 0.15) is 38.5 Å². The van der Waals surface area contributed by atoms with Crippen molar-refractivity contribution in [3.63, 3.8) is 0 Å². The predicted molar refractivity (Wildman–Crippen MR) is 73.4 cm³/mol. The minimum atomic E-state index is 0.783. The smallest absolute Gasteiger partial charge is 0.0113 e. The Morgan fingerprint density at radius 3 is 2.00 bits per heavy atom. The van der Waals surface area contributed by atoms with Gasteiger partial charge in [0.05, 0.1) is 0 Å². The van der Waals surface area contributed by atoms with Gasteiger partial charge in [-0.05, 0) is 72.8 Å². The summed E-state index contributed by atoms with van der Waals surface area (Å²) in [5, 5.41) is 3.42. The number of piperidine rings is 1. The minimum Gasteiger partial charge on any atom is -0.317 e. The van der Waals surface area contributed by atoms with Gasteiger partial charge in [-0.15, -0.1) is 0 Å². The molecule has 17 heavy (non-hydrogen) atoms. The molecule has 0 unspecified atom stereocenters. The molecule has 0 atom stereocenters. The number of nitrogens with one attached hydrogen (secondary N) is 1. The summed E-state index contributed by atoms with van der Waals surface area (Å²) < 4.78 is 0. The fourth-order valence-corrected chi connectivity index (χ4v) is 3.50. The van der Waals surface area contributed by atoms with Crippen LogP contribution < -0.4 is 5.32 Å². The van der Waals surface area contributed by atoms with Gasteiger partial charge in [0.25, 0.3) is 0 Å². The van der Waals surface area contributed by atoms with Crippen LogP contribution >= 0.6 is 0 Å². The second-order valence-electron chi connectivity index (χ2n) is 6.02. The molecule has 0 bridgehead atoms. The van der Waals surface area contributed by atoms with Gasteiger partial charge in [-0.1, -0.05) is 0 Å². The summed E-state index contributed by atoms with van der Waals surface area (Å²) in [4.78, 5) is 5.15. The van der Waals surface area contributed by atoms with Crippen molar-refractivity contribution in [2.45, 2.75) is 56.7 Å². The summed E-state index contributed by atoms with van der Waals surface area (Å²) in [6, 6.07) is 2.48. The van der Waals surface area contributed by atoms with Crippen molar-refractivity contribution < 1.29 is 0 Å². The molecule has 1 heterocycles. The molecule has 2 aliphatic rings. The maximum absolute atomic E-state index is 3.42. The molecule has 3 nitrogen and oxygen atoms in total. The van der Waals surface area contributed by atoms with E-state index in [1.807, 2.05) is 0 Å². The van der Waals surface area contributed by atoms with Crippen LogP contribution in [0.2, 0.25) is 0 Å². The first-order chi connectivity index (χ1) is 8.20. The normalized spacial score (nSPS) is 33.2. The van der Waals surface area contributed by atoms with Crippen LogP contribution in [0.3, 0.4) is 0 Å². The zero-order valence-corrected chi connectivity index (χ0v) is 11.8. The average molecular weight is 239 g/mol. The molecule has 1 aliphatic heterocycles. The highest BCUT2D eigenvalue weighted by Crippen LogP contribution is 2.26. The molecule has 100 valence electrons. The Kier molecular flexibility index (Phi) is 4.83. The monoisotopic (exact) mass is 239 g/mol. The van der Waals surface area contributed by atoms with E-state index >= 15 is 0 Å². The molecular formula is C14H29N3. The Morgan fingerprint density at radius 2 is 1.53 bits per heavy atom. The van der Waals surface area contributed by atoms with E-state index in [0.29, 0.717) is 0 Å². The van der Waals surface area contributed by atoms with Gasteiger partial charge in [0.15, 0.2) is 0 Å². The molecule has 2 fully saturated rings. The molecule has 0 radical (unpaired) electrons. The second kappa shape index (κ2) is 6.17. The van der Waals surface area contributed by atoms with Crippen LogP contribution in [0, 0.1) is 0 Å². The molecule has 0 aromatic carbocycles. The molecular weight excluding hydrogens is 210 g/mol. The Hall–Kier alpha value is -0.120. The van der Waals surface area contributed by atoms with Gasteiger partial charge in [-0.3, -0.25) is 0 Å². The number of hydrogen-bond donors (Lipinski definition) is 1. The first-order valence-corrected chi connectivity index (χ1v) is 7.28. The summed E-state index contributed by atoms with van der Waals surface area (Å²) in [7, 11) is 6.55. The van der Waals surface area contributed by atoms with E-state index in [0.717, 1.165) is 18.1 Å². The van der Waals surface area contributed by atoms with Gasteiger partial charge < -0.3 is 15.1 Å². The topological polar surface area (TPSA) is 18.5 Å². The van der Waals surface area contributed by atoms with Gasteiger partial charge >= 0.3 is 0 Å². The van der Waals surface area contributed by atoms with Gasteiger partial charge in [-0.25, -0.2) is 0 Å². The van der Waals surface area contributed by atoms with Crippen molar-refractivity contribution in [2.24, 2.45) is 0 Å². The lowest BCUT2D eigenvalue weighted by atomic mass is 9.89. The molecule has 1 saturated heterocycles. The molecule has 1 aliphatic carbocycles. The number of rotatable bonds is 3. The number of likely N-dealkylation sites (tertiary alicyclic amines) is 1. The van der Waals surface area contributed by atoms with Crippen LogP contribution in [0.15, 0.2) is 0 Å². The van der Waals surface area contributed by atoms with Crippen molar-refractivity contribution in [1.82, 2.24) is 15.1 Å². The third-order valence-corrected chi connectivity index (χ3v) is 4.85. The molecule has 1 N–H and O–H groups in total. The van der Waals surface area contributed by atoms with Crippen molar-refractivity contribution >= 4 is 0 Å². The van der Waals surface area contributed by atoms with Crippen LogP contribution in [-0.2, 0) is 0 Å². The van der Waals surface area contributed by atoms with E-state index in [4.69, 9.17) is 0 Å². The second-order valence-corrected chi connectivity index (χ2v) is 6.02. The van der Waals surface area contributed by atoms with E-state index < -0.39 is 0 Å². The molecule has 2 rings (SSSR count). The van der Waals surface area contributed by atoms with E-state index in [9.17, 15) is 0 Å². The van der Waals surface area contributed by atoms with Gasteiger partial charge in [0.2, 0.25) is 0 Å². The first kappa shape index (κ1) is 13.3. The maximum atomic E-state index is 3.42. The third kappa shape index (κ3) is 3.43. The minimum absolute atomic E-state index is 0.783. The zero-order valence-electron chi connectivity index (χ0n) is 11.8. The zero-order chi connectivity index (χ0) is 12.3. The Balaban J connectivity index is 1.74. The molecule has 3 heteroatoms. The van der Waals surface area contributed by atoms with E-state index in [-0.39, 0.29) is 0 Å². The fraction of sp³-hybridized carbons (Fsp3) is 1.00. The Morgan fingerprint density at radius 1 is 0.941 bits per heavy atom. The lowest BCUT2D eigenvalue weighted by Gasteiger charge is -2.42. The molecule has 0 spiro atoms. The Bertz CT molecular complexity index is 214. The predicted octanol–water partition coefficient (Wildman–Crippen LogP) is 1.54. The highest BCUT2D eigenvalue weighted by Gasteiger charge is 2.28. The lowest BCUT2D eigenvalue weighted by Crippen LogP contribution is -2.48. The van der Waals surface area contributed by atoms with Crippen LogP contribution in [-0.4, -0.2) is 62.2 Å². The summed E-state index contributed by atoms with van der Waals surface area (Å²) in [5.74, 6) is 0. The summed E-state index contributed by atoms with van der Waals surface area (Å²) >= 11 is 0. The number of hydrogen-bond acceptors (Lipinski definition) is 3. The van der Waals surface area contributed by atoms with Gasteiger partial charge in [-0.2, -0.15) is 0 Å². The third-order valence-electron chi connectivity index (χ3n) is 4.85. The van der Waals surface area contributed by atoms with Crippen LogP contribution in [0.4, 0.5) is 0 Å². The first-order valence-electron chi connectivity index (χ1n) is 7.28. The molecule has 1 saturated carbocycles. The van der Waals surface area contributed by atoms with Crippen LogP contribution in [0.25, 0.3) is 0 Å². The lowest BCUT2D eigenvalue weighted by molar-refractivity contribution is 0.0848. The van der Waals surface area contributed by atoms with Crippen LogP contribution in [0.5, 0.6) is 0 Å². The van der Waals surface area contributed by atoms with E-state index in [2.05, 4.69) is 36.3 Å². The van der Waals surface area contributed by atoms with Gasteiger partial charge in [0, 0.05) is 18.1 Å². The summed E-state index contributed by atoms with van der Waals surface area (Å²) in [6.45, 7) is 2.63. The van der Waals surface area contributed by atoms with E-state index in [1.165, 1.54) is 51.6 Å². The highest BCUT2D eigenvalue weighted by atomic mass is 15.2. The van der Waals surface area contributed by atoms with E-state index in [1.54, 1.807) is 0 Å². The fourth-order valence-electron chi connectivity index (χ4n) is 3.50.